The number of anilines is 2. The number of nitro groups is 1. The molecule has 0 saturated heterocycles. The molecule has 0 radical (unpaired) electrons. The third-order valence-electron chi connectivity index (χ3n) is 6.05. The Labute approximate surface area is 198 Å². The van der Waals surface area contributed by atoms with E-state index in [0.29, 0.717) is 12.5 Å². The van der Waals surface area contributed by atoms with E-state index >= 15 is 0 Å². The van der Waals surface area contributed by atoms with Crippen molar-refractivity contribution in [3.63, 3.8) is 0 Å². The molecule has 3 aromatic rings. The average Bonchev–Trinajstić information content (AvgIpc) is 3.32. The number of nitrogens with one attached hydrogen (secondary N) is 1. The lowest BCUT2D eigenvalue weighted by molar-refractivity contribution is -0.385. The number of aromatic nitrogens is 4. The average molecular weight is 491 g/mol. The first-order chi connectivity index (χ1) is 16.7. The van der Waals surface area contributed by atoms with Gasteiger partial charge < -0.3 is 20.4 Å². The van der Waals surface area contributed by atoms with Gasteiger partial charge in [-0.05, 0) is 44.1 Å². The van der Waals surface area contributed by atoms with Gasteiger partial charge >= 0.3 is 12.0 Å². The molecule has 0 amide bonds. The van der Waals surface area contributed by atoms with Gasteiger partial charge in [-0.15, -0.1) is 13.2 Å². The molecule has 3 N–H and O–H groups in total. The molecule has 0 bridgehead atoms. The van der Waals surface area contributed by atoms with Gasteiger partial charge in [-0.25, -0.2) is 9.97 Å². The first-order valence-electron chi connectivity index (χ1n) is 11.1. The summed E-state index contributed by atoms with van der Waals surface area (Å²) < 4.78 is 44.2. The van der Waals surface area contributed by atoms with Crippen LogP contribution in [0.5, 0.6) is 5.75 Å². The van der Waals surface area contributed by atoms with Crippen molar-refractivity contribution in [2.45, 2.75) is 51.1 Å². The van der Waals surface area contributed by atoms with Crippen molar-refractivity contribution in [2.24, 2.45) is 5.92 Å². The number of hydrogen-bond acceptors (Lipinski definition) is 8. The van der Waals surface area contributed by atoms with Gasteiger partial charge in [0.15, 0.2) is 0 Å². The van der Waals surface area contributed by atoms with E-state index in [0.717, 1.165) is 25.7 Å². The van der Waals surface area contributed by atoms with Gasteiger partial charge in [0.25, 0.3) is 0 Å². The molecule has 1 aliphatic rings. The molecule has 1 aliphatic carbocycles. The maximum atomic E-state index is 12.7. The number of hydrogen-bond donors (Lipinski definition) is 2. The van der Waals surface area contributed by atoms with Crippen molar-refractivity contribution in [1.82, 2.24) is 19.5 Å². The first kappa shape index (κ1) is 24.2. The minimum Gasteiger partial charge on any atom is -0.405 e. The van der Waals surface area contributed by atoms with Crippen LogP contribution in [0.1, 0.15) is 43.0 Å². The highest BCUT2D eigenvalue weighted by molar-refractivity contribution is 5.58. The zero-order valence-corrected chi connectivity index (χ0v) is 18.6. The molecule has 35 heavy (non-hydrogen) atoms. The van der Waals surface area contributed by atoms with Gasteiger partial charge in [0.05, 0.1) is 11.3 Å². The molecule has 0 aliphatic heterocycles. The summed E-state index contributed by atoms with van der Waals surface area (Å²) in [7, 11) is 0. The Bertz CT molecular complexity index is 1160. The molecule has 0 spiro atoms. The number of nitrogen functional groups attached to an aromatic ring is 1. The number of alkyl halides is 3. The van der Waals surface area contributed by atoms with Crippen molar-refractivity contribution >= 4 is 17.5 Å². The van der Waals surface area contributed by atoms with Crippen LogP contribution < -0.4 is 15.8 Å². The molecule has 0 unspecified atom stereocenters. The van der Waals surface area contributed by atoms with Crippen LogP contribution >= 0.6 is 0 Å². The van der Waals surface area contributed by atoms with Crippen molar-refractivity contribution in [2.75, 3.05) is 11.1 Å². The van der Waals surface area contributed by atoms with E-state index in [9.17, 15) is 23.3 Å². The number of nitrogens with zero attached hydrogens (tertiary/aromatic N) is 5. The number of nitrogens with two attached hydrogens (primary N) is 1. The van der Waals surface area contributed by atoms with Crippen molar-refractivity contribution in [1.29, 1.82) is 0 Å². The Balaban J connectivity index is 1.48. The van der Waals surface area contributed by atoms with E-state index in [1.807, 2.05) is 6.20 Å². The van der Waals surface area contributed by atoms with Crippen LogP contribution in [0.25, 0.3) is 0 Å². The van der Waals surface area contributed by atoms with E-state index in [2.05, 4.69) is 29.6 Å². The smallest absolute Gasteiger partial charge is 0.405 e. The summed E-state index contributed by atoms with van der Waals surface area (Å²) in [6.07, 6.45) is 4.50. The second-order valence-electron chi connectivity index (χ2n) is 8.38. The number of benzene rings is 1. The largest absolute Gasteiger partial charge is 0.573 e. The van der Waals surface area contributed by atoms with Crippen LogP contribution in [0.4, 0.5) is 30.6 Å². The summed E-state index contributed by atoms with van der Waals surface area (Å²) in [5.74, 6) is -0.486. The van der Waals surface area contributed by atoms with Gasteiger partial charge in [0.2, 0.25) is 11.8 Å². The topological polar surface area (TPSA) is 134 Å². The highest BCUT2D eigenvalue weighted by Gasteiger charge is 2.32. The summed E-state index contributed by atoms with van der Waals surface area (Å²) in [6, 6.07) is 5.99. The zero-order valence-electron chi connectivity index (χ0n) is 18.6. The fraction of sp³-hybridized carbons (Fsp3) is 0.409. The van der Waals surface area contributed by atoms with E-state index in [1.54, 1.807) is 18.6 Å². The van der Waals surface area contributed by atoms with Crippen molar-refractivity contribution in [3.8, 4) is 5.75 Å². The Hall–Kier alpha value is -3.90. The lowest BCUT2D eigenvalue weighted by atomic mass is 9.83. The van der Waals surface area contributed by atoms with Crippen LogP contribution in [0.2, 0.25) is 0 Å². The van der Waals surface area contributed by atoms with E-state index in [4.69, 9.17) is 5.73 Å². The predicted octanol–water partition coefficient (Wildman–Crippen LogP) is 4.65. The van der Waals surface area contributed by atoms with Crippen LogP contribution in [0, 0.1) is 16.0 Å². The zero-order chi connectivity index (χ0) is 25.0. The standard InChI is InChI=1S/C22H24F3N7O3/c23-22(24,25)35-18-4-2-1-3-15(18)12-28-21-29-17(19(32(33)34)20(26)30-21)11-14-5-7-16(8-6-14)31-10-9-27-13-31/h1-4,9-10,13-14,16H,5-8,11-12H2,(H3,26,28,29,30). The summed E-state index contributed by atoms with van der Waals surface area (Å²) in [5.41, 5.74) is 5.96. The van der Waals surface area contributed by atoms with Crippen molar-refractivity contribution < 1.29 is 22.8 Å². The molecule has 2 aromatic heterocycles. The van der Waals surface area contributed by atoms with Crippen LogP contribution in [0.3, 0.4) is 0 Å². The SMILES string of the molecule is Nc1nc(NCc2ccccc2OC(F)(F)F)nc(CC2CCC(n3ccnc3)CC2)c1[N+](=O)[O-]. The molecule has 10 nitrogen and oxygen atoms in total. The molecule has 186 valence electrons. The third-order valence-corrected chi connectivity index (χ3v) is 6.05. The molecule has 0 atom stereocenters. The van der Waals surface area contributed by atoms with Gasteiger partial charge in [0.1, 0.15) is 11.4 Å². The lowest BCUT2D eigenvalue weighted by Gasteiger charge is -2.29. The van der Waals surface area contributed by atoms with Crippen LogP contribution in [-0.4, -0.2) is 30.8 Å². The quantitative estimate of drug-likeness (QED) is 0.344. The second kappa shape index (κ2) is 10.2. The number of ether oxygens (including phenoxy) is 1. The van der Waals surface area contributed by atoms with E-state index < -0.39 is 11.3 Å². The number of imidazole rings is 1. The second-order valence-corrected chi connectivity index (χ2v) is 8.38. The van der Waals surface area contributed by atoms with Gasteiger partial charge in [-0.2, -0.15) is 4.98 Å². The monoisotopic (exact) mass is 491 g/mol. The molecule has 1 aromatic carbocycles. The first-order valence-corrected chi connectivity index (χ1v) is 11.1. The Kier molecular flexibility index (Phi) is 7.03. The highest BCUT2D eigenvalue weighted by Crippen LogP contribution is 2.36. The number of rotatable bonds is 8. The molecule has 1 fully saturated rings. The highest BCUT2D eigenvalue weighted by atomic mass is 19.4. The van der Waals surface area contributed by atoms with Gasteiger partial charge in [-0.1, -0.05) is 18.2 Å². The summed E-state index contributed by atoms with van der Waals surface area (Å²) in [5, 5.41) is 14.5. The maximum Gasteiger partial charge on any atom is 0.573 e. The fourth-order valence-corrected chi connectivity index (χ4v) is 4.40. The predicted molar refractivity (Wildman–Crippen MR) is 120 cm³/mol. The maximum absolute atomic E-state index is 12.7. The lowest BCUT2D eigenvalue weighted by Crippen LogP contribution is -2.20. The third kappa shape index (κ3) is 6.16. The fourth-order valence-electron chi connectivity index (χ4n) is 4.40. The van der Waals surface area contributed by atoms with Crippen LogP contribution in [0.15, 0.2) is 43.0 Å². The van der Waals surface area contributed by atoms with Crippen molar-refractivity contribution in [3.05, 3.63) is 64.4 Å². The summed E-state index contributed by atoms with van der Waals surface area (Å²) in [6.45, 7) is -0.0983. The molecule has 1 saturated carbocycles. The Morgan fingerprint density at radius 3 is 2.60 bits per heavy atom. The Morgan fingerprint density at radius 1 is 1.20 bits per heavy atom. The molecule has 4 rings (SSSR count). The minimum absolute atomic E-state index is 0.00277. The molecular formula is C22H24F3N7O3. The normalized spacial score (nSPS) is 18.3. The summed E-state index contributed by atoms with van der Waals surface area (Å²) in [4.78, 5) is 23.4. The summed E-state index contributed by atoms with van der Waals surface area (Å²) >= 11 is 0. The number of halogens is 3. The van der Waals surface area contributed by atoms with Gasteiger partial charge in [-0.3, -0.25) is 10.1 Å². The number of para-hydroxylation sites is 1. The van der Waals surface area contributed by atoms with E-state index in [-0.39, 0.29) is 46.9 Å². The minimum atomic E-state index is -4.84. The molecule has 13 heteroatoms. The van der Waals surface area contributed by atoms with E-state index in [1.165, 1.54) is 18.2 Å². The molecular weight excluding hydrogens is 467 g/mol. The van der Waals surface area contributed by atoms with Crippen LogP contribution in [-0.2, 0) is 13.0 Å². The Morgan fingerprint density at radius 2 is 1.94 bits per heavy atom. The van der Waals surface area contributed by atoms with Gasteiger partial charge in [0, 0.05) is 30.5 Å². The molecule has 2 heterocycles.